The van der Waals surface area contributed by atoms with Gasteiger partial charge in [-0.25, -0.2) is 9.97 Å². The molecule has 0 aliphatic heterocycles. The van der Waals surface area contributed by atoms with E-state index in [1.807, 2.05) is 42.5 Å². The number of carbonyl (C=O) groups excluding carboxylic acids is 1. The highest BCUT2D eigenvalue weighted by Gasteiger charge is 2.09. The predicted octanol–water partition coefficient (Wildman–Crippen LogP) is 4.55. The largest absolute Gasteiger partial charge is 0.360 e. The van der Waals surface area contributed by atoms with Gasteiger partial charge >= 0.3 is 0 Å². The van der Waals surface area contributed by atoms with Gasteiger partial charge in [-0.2, -0.15) is 0 Å². The number of benzene rings is 1. The van der Waals surface area contributed by atoms with Crippen molar-refractivity contribution in [2.45, 2.75) is 44.0 Å². The summed E-state index contributed by atoms with van der Waals surface area (Å²) < 4.78 is 0. The van der Waals surface area contributed by atoms with Crippen LogP contribution in [0, 0.1) is 0 Å². The van der Waals surface area contributed by atoms with Crippen LogP contribution < -0.4 is 10.2 Å². The monoisotopic (exact) mass is 449 g/mol. The Morgan fingerprint density at radius 2 is 1.88 bits per heavy atom. The van der Waals surface area contributed by atoms with Gasteiger partial charge in [0.15, 0.2) is 5.16 Å². The first-order chi connectivity index (χ1) is 15.6. The number of rotatable bonds is 11. The van der Waals surface area contributed by atoms with Crippen LogP contribution >= 0.6 is 11.8 Å². The van der Waals surface area contributed by atoms with Crippen molar-refractivity contribution in [2.75, 3.05) is 25.0 Å². The van der Waals surface area contributed by atoms with Crippen LogP contribution in [0.15, 0.2) is 59.9 Å². The first-order valence-corrected chi connectivity index (χ1v) is 12.1. The zero-order chi connectivity index (χ0) is 22.8. The Labute approximate surface area is 194 Å². The minimum Gasteiger partial charge on any atom is -0.360 e. The van der Waals surface area contributed by atoms with Crippen LogP contribution in [0.25, 0.3) is 0 Å². The Kier molecular flexibility index (Phi) is 9.04. The summed E-state index contributed by atoms with van der Waals surface area (Å²) in [6, 6.07) is 15.6. The van der Waals surface area contributed by atoms with Crippen LogP contribution in [0.3, 0.4) is 0 Å². The maximum absolute atomic E-state index is 12.4. The predicted molar refractivity (Wildman–Crippen MR) is 131 cm³/mol. The number of nitrogens with zero attached hydrogens (tertiary/aromatic N) is 4. The molecule has 0 atom stereocenters. The molecule has 0 bridgehead atoms. The summed E-state index contributed by atoms with van der Waals surface area (Å²) in [4.78, 5) is 28.2. The van der Waals surface area contributed by atoms with E-state index >= 15 is 0 Å². The molecular weight excluding hydrogens is 418 g/mol. The lowest BCUT2D eigenvalue weighted by molar-refractivity contribution is 0.0954. The van der Waals surface area contributed by atoms with Gasteiger partial charge in [0.05, 0.1) is 0 Å². The highest BCUT2D eigenvalue weighted by atomic mass is 32.2. The fourth-order valence-electron chi connectivity index (χ4n) is 3.20. The molecule has 0 aliphatic carbocycles. The van der Waals surface area contributed by atoms with Crippen molar-refractivity contribution in [3.8, 4) is 0 Å². The van der Waals surface area contributed by atoms with Gasteiger partial charge in [0.1, 0.15) is 5.82 Å². The molecule has 0 aliphatic rings. The van der Waals surface area contributed by atoms with Gasteiger partial charge in [-0.1, -0.05) is 43.8 Å². The maximum Gasteiger partial charge on any atom is 0.251 e. The second-order valence-electron chi connectivity index (χ2n) is 7.59. The molecule has 2 aromatic heterocycles. The van der Waals surface area contributed by atoms with E-state index in [2.05, 4.69) is 47.1 Å². The number of hydrogen-bond donors (Lipinski definition) is 1. The van der Waals surface area contributed by atoms with Gasteiger partial charge in [-0.3, -0.25) is 9.78 Å². The number of nitrogens with one attached hydrogen (secondary N) is 1. The fourth-order valence-corrected chi connectivity index (χ4v) is 4.03. The summed E-state index contributed by atoms with van der Waals surface area (Å²) in [5.74, 6) is 1.66. The molecule has 7 heteroatoms. The van der Waals surface area contributed by atoms with E-state index in [4.69, 9.17) is 4.98 Å². The number of aryl methyl sites for hydroxylation is 1. The molecule has 0 radical (unpaired) electrons. The highest BCUT2D eigenvalue weighted by Crippen LogP contribution is 2.23. The second kappa shape index (κ2) is 12.2. The maximum atomic E-state index is 12.4. The van der Waals surface area contributed by atoms with Gasteiger partial charge in [0.25, 0.3) is 5.91 Å². The lowest BCUT2D eigenvalue weighted by atomic mass is 10.1. The molecule has 1 amide bonds. The summed E-state index contributed by atoms with van der Waals surface area (Å²) in [5.41, 5.74) is 3.82. The lowest BCUT2D eigenvalue weighted by Gasteiger charge is -2.18. The summed E-state index contributed by atoms with van der Waals surface area (Å²) >= 11 is 1.62. The number of hydrogen-bond acceptors (Lipinski definition) is 6. The second-order valence-corrected chi connectivity index (χ2v) is 8.53. The van der Waals surface area contributed by atoms with Crippen LogP contribution in [0.1, 0.15) is 47.6 Å². The molecule has 1 aromatic carbocycles. The molecule has 1 N–H and O–H groups in total. The normalized spacial score (nSPS) is 10.7. The van der Waals surface area contributed by atoms with Crippen LogP contribution in [0.5, 0.6) is 0 Å². The third kappa shape index (κ3) is 7.05. The molecule has 3 aromatic rings. The average molecular weight is 450 g/mol. The topological polar surface area (TPSA) is 71.0 Å². The zero-order valence-electron chi connectivity index (χ0n) is 19.0. The third-order valence-electron chi connectivity index (χ3n) is 5.03. The number of amides is 1. The van der Waals surface area contributed by atoms with Crippen molar-refractivity contribution in [1.29, 1.82) is 0 Å². The zero-order valence-corrected chi connectivity index (χ0v) is 19.9. The number of thioether (sulfide) groups is 1. The average Bonchev–Trinajstić information content (AvgIpc) is 2.83. The van der Waals surface area contributed by atoms with Crippen molar-refractivity contribution in [3.63, 3.8) is 0 Å². The minimum absolute atomic E-state index is 0.0669. The van der Waals surface area contributed by atoms with Gasteiger partial charge in [0, 0.05) is 61.5 Å². The summed E-state index contributed by atoms with van der Waals surface area (Å²) in [5, 5.41) is 3.75. The SMILES string of the molecule is CCCN(C)c1cc(CC)nc(SCc2ccc(C(=O)NCCc3ccccn3)cc2)n1. The van der Waals surface area contributed by atoms with E-state index in [1.165, 1.54) is 0 Å². The quantitative estimate of drug-likeness (QED) is 0.342. The van der Waals surface area contributed by atoms with Crippen molar-refractivity contribution >= 4 is 23.5 Å². The fraction of sp³-hybridized carbons (Fsp3) is 0.360. The van der Waals surface area contributed by atoms with Gasteiger partial charge in [0.2, 0.25) is 0 Å². The minimum atomic E-state index is -0.0669. The molecule has 168 valence electrons. The highest BCUT2D eigenvalue weighted by molar-refractivity contribution is 7.98. The molecule has 0 spiro atoms. The number of anilines is 1. The number of aromatic nitrogens is 3. The Hall–Kier alpha value is -2.93. The van der Waals surface area contributed by atoms with Gasteiger partial charge in [-0.15, -0.1) is 0 Å². The number of pyridine rings is 1. The first kappa shape index (κ1) is 23.7. The Morgan fingerprint density at radius 3 is 2.56 bits per heavy atom. The van der Waals surface area contributed by atoms with Crippen LogP contribution in [-0.2, 0) is 18.6 Å². The summed E-state index contributed by atoms with van der Waals surface area (Å²) in [6.45, 7) is 5.81. The standard InChI is InChI=1S/C25H31N5OS/c1-4-16-30(3)23-17-21(5-2)28-25(29-23)32-18-19-9-11-20(12-10-19)24(31)27-15-13-22-8-6-7-14-26-22/h6-12,14,17H,4-5,13,15-16,18H2,1-3H3,(H,27,31). The van der Waals surface area contributed by atoms with Gasteiger partial charge in [-0.05, 0) is 42.7 Å². The van der Waals surface area contributed by atoms with Crippen LogP contribution in [0.4, 0.5) is 5.82 Å². The molecule has 0 fully saturated rings. The van der Waals surface area contributed by atoms with Crippen molar-refractivity contribution in [1.82, 2.24) is 20.3 Å². The molecule has 6 nitrogen and oxygen atoms in total. The van der Waals surface area contributed by atoms with E-state index < -0.39 is 0 Å². The van der Waals surface area contributed by atoms with Crippen LogP contribution in [-0.4, -0.2) is 41.0 Å². The van der Waals surface area contributed by atoms with E-state index in [1.54, 1.807) is 18.0 Å². The molecule has 0 saturated carbocycles. The van der Waals surface area contributed by atoms with E-state index in [0.29, 0.717) is 18.5 Å². The molecule has 32 heavy (non-hydrogen) atoms. The lowest BCUT2D eigenvalue weighted by Crippen LogP contribution is -2.25. The van der Waals surface area contributed by atoms with E-state index in [-0.39, 0.29) is 5.91 Å². The van der Waals surface area contributed by atoms with E-state index in [9.17, 15) is 4.79 Å². The molecular formula is C25H31N5OS. The smallest absolute Gasteiger partial charge is 0.251 e. The van der Waals surface area contributed by atoms with Crippen LogP contribution in [0.2, 0.25) is 0 Å². The van der Waals surface area contributed by atoms with Gasteiger partial charge < -0.3 is 10.2 Å². The first-order valence-electron chi connectivity index (χ1n) is 11.1. The molecule has 3 rings (SSSR count). The Balaban J connectivity index is 1.54. The summed E-state index contributed by atoms with van der Waals surface area (Å²) in [6.07, 6.45) is 4.44. The van der Waals surface area contributed by atoms with E-state index in [0.717, 1.165) is 53.1 Å². The third-order valence-corrected chi connectivity index (χ3v) is 5.95. The number of carbonyl (C=O) groups is 1. The Morgan fingerprint density at radius 1 is 1.06 bits per heavy atom. The molecule has 2 heterocycles. The van der Waals surface area contributed by atoms with Crippen molar-refractivity contribution in [3.05, 3.63) is 77.2 Å². The van der Waals surface area contributed by atoms with Crippen molar-refractivity contribution < 1.29 is 4.79 Å². The molecule has 0 unspecified atom stereocenters. The van der Waals surface area contributed by atoms with Crippen molar-refractivity contribution in [2.24, 2.45) is 0 Å². The molecule has 0 saturated heterocycles. The summed E-state index contributed by atoms with van der Waals surface area (Å²) in [7, 11) is 2.07. The Bertz CT molecular complexity index is 995.